The zero-order chi connectivity index (χ0) is 22.7. The van der Waals surface area contributed by atoms with Gasteiger partial charge in [-0.1, -0.05) is 43.7 Å². The molecule has 4 rings (SSSR count). The molecule has 1 aromatic heterocycles. The highest BCUT2D eigenvalue weighted by atomic mass is 16.6. The van der Waals surface area contributed by atoms with Crippen LogP contribution in [0.3, 0.4) is 0 Å². The van der Waals surface area contributed by atoms with Crippen LogP contribution in [0, 0.1) is 18.3 Å². The molecular weight excluding hydrogens is 404 g/mol. The minimum atomic E-state index is -0.503. The van der Waals surface area contributed by atoms with Gasteiger partial charge in [-0.3, -0.25) is 4.90 Å². The standard InChI is InChI=1S/C25H26N4O3/c1-4-5-13-31-25-28-22-21(17-12-11-16(2)20(14-17)30-3)19(15-26)23(27)29(24(22)32-25)18-9-7-6-8-10-18/h6-12,14,21H,4-5,13,27H2,1-3H3/t21-/m1/s1. The highest BCUT2D eigenvalue weighted by Gasteiger charge is 2.39. The molecule has 32 heavy (non-hydrogen) atoms. The summed E-state index contributed by atoms with van der Waals surface area (Å²) in [5.41, 5.74) is 10.1. The van der Waals surface area contributed by atoms with Gasteiger partial charge in [0.15, 0.2) is 0 Å². The maximum absolute atomic E-state index is 10.1. The van der Waals surface area contributed by atoms with Crippen molar-refractivity contribution in [3.05, 3.63) is 76.7 Å². The number of nitrogens with two attached hydrogens (primary N) is 1. The third-order valence-corrected chi connectivity index (χ3v) is 5.52. The number of oxazole rings is 1. The largest absolute Gasteiger partial charge is 0.496 e. The number of benzene rings is 2. The van der Waals surface area contributed by atoms with Crippen LogP contribution in [0.15, 0.2) is 64.3 Å². The number of unbranched alkanes of at least 4 members (excludes halogenated alkanes) is 1. The fraction of sp³-hybridized carbons (Fsp3) is 0.280. The molecule has 7 nitrogen and oxygen atoms in total. The lowest BCUT2D eigenvalue weighted by atomic mass is 9.85. The van der Waals surface area contributed by atoms with Gasteiger partial charge in [-0.25, -0.2) is 0 Å². The first-order chi connectivity index (χ1) is 15.6. The fourth-order valence-corrected chi connectivity index (χ4v) is 3.83. The van der Waals surface area contributed by atoms with E-state index in [0.29, 0.717) is 29.6 Å². The summed E-state index contributed by atoms with van der Waals surface area (Å²) < 4.78 is 17.3. The Labute approximate surface area is 187 Å². The summed E-state index contributed by atoms with van der Waals surface area (Å²) in [6.07, 6.45) is 2.05. The average Bonchev–Trinajstić information content (AvgIpc) is 3.22. The number of ether oxygens (including phenoxy) is 2. The highest BCUT2D eigenvalue weighted by Crippen LogP contribution is 2.48. The minimum absolute atomic E-state index is 0.167. The van der Waals surface area contributed by atoms with Gasteiger partial charge in [-0.05, 0) is 42.7 Å². The number of anilines is 2. The van der Waals surface area contributed by atoms with Crippen molar-refractivity contribution in [2.45, 2.75) is 32.6 Å². The van der Waals surface area contributed by atoms with Gasteiger partial charge in [-0.2, -0.15) is 10.2 Å². The number of aromatic nitrogens is 1. The maximum Gasteiger partial charge on any atom is 0.395 e. The number of allylic oxidation sites excluding steroid dienone is 1. The Hall–Kier alpha value is -3.92. The predicted octanol–water partition coefficient (Wildman–Crippen LogP) is 5.15. The van der Waals surface area contributed by atoms with E-state index in [9.17, 15) is 5.26 Å². The predicted molar refractivity (Wildman–Crippen MR) is 122 cm³/mol. The summed E-state index contributed by atoms with van der Waals surface area (Å²) >= 11 is 0. The van der Waals surface area contributed by atoms with Crippen LogP contribution in [0.2, 0.25) is 0 Å². The molecule has 0 saturated heterocycles. The third-order valence-electron chi connectivity index (χ3n) is 5.52. The average molecular weight is 431 g/mol. The van der Waals surface area contributed by atoms with Crippen LogP contribution in [-0.2, 0) is 0 Å². The number of nitrogens with zero attached hydrogens (tertiary/aromatic N) is 3. The lowest BCUT2D eigenvalue weighted by Crippen LogP contribution is -2.31. The van der Waals surface area contributed by atoms with E-state index in [0.717, 1.165) is 35.4 Å². The van der Waals surface area contributed by atoms with E-state index in [1.807, 2.05) is 55.5 Å². The smallest absolute Gasteiger partial charge is 0.395 e. The molecule has 0 aliphatic carbocycles. The normalized spacial score (nSPS) is 15.3. The SMILES string of the molecule is CCCCOc1nc2c(o1)N(c1ccccc1)C(N)=C(C#N)[C@H]2c1ccc(C)c(OC)c1. The van der Waals surface area contributed by atoms with Gasteiger partial charge in [0, 0.05) is 0 Å². The molecule has 3 aromatic rings. The first-order valence-corrected chi connectivity index (χ1v) is 10.6. The molecule has 1 atom stereocenters. The first kappa shape index (κ1) is 21.3. The highest BCUT2D eigenvalue weighted by molar-refractivity contribution is 5.73. The molecule has 2 heterocycles. The molecule has 0 unspecified atom stereocenters. The summed E-state index contributed by atoms with van der Waals surface area (Å²) in [4.78, 5) is 6.37. The van der Waals surface area contributed by atoms with E-state index in [-0.39, 0.29) is 6.08 Å². The fourth-order valence-electron chi connectivity index (χ4n) is 3.83. The second-order valence-electron chi connectivity index (χ2n) is 7.62. The van der Waals surface area contributed by atoms with Gasteiger partial charge in [0.1, 0.15) is 17.3 Å². The molecule has 1 aliphatic heterocycles. The topological polar surface area (TPSA) is 97.5 Å². The Bertz CT molecular complexity index is 1180. The Morgan fingerprint density at radius 2 is 2.00 bits per heavy atom. The van der Waals surface area contributed by atoms with Crippen molar-refractivity contribution in [2.75, 3.05) is 18.6 Å². The minimum Gasteiger partial charge on any atom is -0.496 e. The summed E-state index contributed by atoms with van der Waals surface area (Å²) in [5, 5.41) is 10.1. The summed E-state index contributed by atoms with van der Waals surface area (Å²) in [5.74, 6) is 0.973. The number of rotatable bonds is 7. The van der Waals surface area contributed by atoms with E-state index < -0.39 is 5.92 Å². The van der Waals surface area contributed by atoms with Crippen LogP contribution in [-0.4, -0.2) is 18.7 Å². The van der Waals surface area contributed by atoms with E-state index >= 15 is 0 Å². The van der Waals surface area contributed by atoms with Crippen molar-refractivity contribution in [2.24, 2.45) is 5.73 Å². The number of aryl methyl sites for hydroxylation is 1. The molecule has 1 aliphatic rings. The number of fused-ring (bicyclic) bond motifs is 1. The van der Waals surface area contributed by atoms with Gasteiger partial charge in [0.05, 0.1) is 37.0 Å². The molecular formula is C25H26N4O3. The zero-order valence-electron chi connectivity index (χ0n) is 18.5. The van der Waals surface area contributed by atoms with Gasteiger partial charge in [0.25, 0.3) is 0 Å². The Kier molecular flexibility index (Phi) is 6.04. The van der Waals surface area contributed by atoms with Crippen LogP contribution in [0.4, 0.5) is 11.6 Å². The molecule has 0 bridgehead atoms. The van der Waals surface area contributed by atoms with Crippen molar-refractivity contribution in [1.29, 1.82) is 5.26 Å². The Balaban J connectivity index is 1.90. The molecule has 7 heteroatoms. The molecule has 0 radical (unpaired) electrons. The summed E-state index contributed by atoms with van der Waals surface area (Å²) in [6, 6.07) is 17.7. The lowest BCUT2D eigenvalue weighted by Gasteiger charge is -2.31. The number of methoxy groups -OCH3 is 1. The zero-order valence-corrected chi connectivity index (χ0v) is 18.5. The second kappa shape index (κ2) is 9.06. The van der Waals surface area contributed by atoms with Crippen LogP contribution < -0.4 is 20.1 Å². The van der Waals surface area contributed by atoms with Crippen molar-refractivity contribution >= 4 is 11.6 Å². The van der Waals surface area contributed by atoms with Crippen LogP contribution >= 0.6 is 0 Å². The van der Waals surface area contributed by atoms with Crippen molar-refractivity contribution in [3.8, 4) is 17.9 Å². The number of para-hydroxylation sites is 1. The molecule has 2 aromatic carbocycles. The van der Waals surface area contributed by atoms with Gasteiger partial charge < -0.3 is 19.6 Å². The van der Waals surface area contributed by atoms with Crippen LogP contribution in [0.5, 0.6) is 11.8 Å². The van der Waals surface area contributed by atoms with Crippen molar-refractivity contribution in [1.82, 2.24) is 4.98 Å². The molecule has 0 fully saturated rings. The number of hydrogen-bond donors (Lipinski definition) is 1. The lowest BCUT2D eigenvalue weighted by molar-refractivity contribution is 0.228. The number of hydrogen-bond acceptors (Lipinski definition) is 7. The van der Waals surface area contributed by atoms with E-state index in [4.69, 9.17) is 19.6 Å². The van der Waals surface area contributed by atoms with E-state index in [1.54, 1.807) is 12.0 Å². The monoisotopic (exact) mass is 430 g/mol. The van der Waals surface area contributed by atoms with E-state index in [2.05, 4.69) is 18.0 Å². The molecule has 2 N–H and O–H groups in total. The number of nitriles is 1. The maximum atomic E-state index is 10.1. The van der Waals surface area contributed by atoms with Gasteiger partial charge >= 0.3 is 6.08 Å². The summed E-state index contributed by atoms with van der Waals surface area (Å²) in [7, 11) is 1.63. The Morgan fingerprint density at radius 3 is 2.69 bits per heavy atom. The van der Waals surface area contributed by atoms with Gasteiger partial charge in [-0.15, -0.1) is 0 Å². The molecule has 164 valence electrons. The first-order valence-electron chi connectivity index (χ1n) is 10.6. The van der Waals surface area contributed by atoms with Crippen molar-refractivity contribution < 1.29 is 13.9 Å². The summed E-state index contributed by atoms with van der Waals surface area (Å²) in [6.45, 7) is 4.56. The molecule has 0 amide bonds. The molecule has 0 saturated carbocycles. The van der Waals surface area contributed by atoms with Crippen molar-refractivity contribution in [3.63, 3.8) is 0 Å². The quantitative estimate of drug-likeness (QED) is 0.518. The van der Waals surface area contributed by atoms with Crippen LogP contribution in [0.25, 0.3) is 0 Å². The third kappa shape index (κ3) is 3.76. The molecule has 0 spiro atoms. The Morgan fingerprint density at radius 1 is 1.22 bits per heavy atom. The second-order valence-corrected chi connectivity index (χ2v) is 7.62. The van der Waals surface area contributed by atoms with Crippen LogP contribution in [0.1, 0.15) is 42.5 Å². The van der Waals surface area contributed by atoms with E-state index in [1.165, 1.54) is 0 Å². The van der Waals surface area contributed by atoms with Gasteiger partial charge in [0.2, 0.25) is 5.88 Å².